The molecule has 2 aliphatic rings. The van der Waals surface area contributed by atoms with E-state index in [4.69, 9.17) is 4.74 Å². The molecule has 1 unspecified atom stereocenters. The zero-order valence-electron chi connectivity index (χ0n) is 18.0. The fourth-order valence-electron chi connectivity index (χ4n) is 3.69. The Kier molecular flexibility index (Phi) is 12.4. The molecule has 0 bridgehead atoms. The number of halogens is 2. The second-order valence-electron chi connectivity index (χ2n) is 9.25. The van der Waals surface area contributed by atoms with Crippen molar-refractivity contribution in [2.75, 3.05) is 6.61 Å². The Labute approximate surface area is 194 Å². The Morgan fingerprint density at radius 3 is 2.15 bits per heavy atom. The van der Waals surface area contributed by atoms with Crippen molar-refractivity contribution in [3.63, 3.8) is 0 Å². The van der Waals surface area contributed by atoms with Crippen molar-refractivity contribution in [2.45, 2.75) is 79.8 Å². The topological polar surface area (TPSA) is 9.23 Å². The molecule has 0 aliphatic heterocycles. The summed E-state index contributed by atoms with van der Waals surface area (Å²) in [6.45, 7) is 16.8. The van der Waals surface area contributed by atoms with E-state index in [0.29, 0.717) is 0 Å². The first-order chi connectivity index (χ1) is 11.1. The first-order valence-corrected chi connectivity index (χ1v) is 9.42. The quantitative estimate of drug-likeness (QED) is 0.444. The molecule has 0 aromatic heterocycles. The van der Waals surface area contributed by atoms with E-state index in [0.717, 1.165) is 32.3 Å². The van der Waals surface area contributed by atoms with Crippen LogP contribution in [-0.4, -0.2) is 12.2 Å². The molecule has 1 nitrogen and oxygen atoms in total. The van der Waals surface area contributed by atoms with Gasteiger partial charge in [-0.1, -0.05) is 60.6 Å². The fourth-order valence-corrected chi connectivity index (χ4v) is 3.69. The van der Waals surface area contributed by atoms with E-state index in [1.807, 2.05) is 0 Å². The van der Waals surface area contributed by atoms with Crippen molar-refractivity contribution in [1.29, 1.82) is 0 Å². The molecule has 1 radical (unpaired) electrons. The Morgan fingerprint density at radius 2 is 1.70 bits per heavy atom. The Morgan fingerprint density at radius 1 is 1.07 bits per heavy atom. The van der Waals surface area contributed by atoms with Crippen molar-refractivity contribution < 1.29 is 51.3 Å². The third-order valence-corrected chi connectivity index (χ3v) is 4.94. The van der Waals surface area contributed by atoms with Crippen LogP contribution in [0.4, 0.5) is 0 Å². The maximum absolute atomic E-state index is 6.57. The second kappa shape index (κ2) is 11.4. The van der Waals surface area contributed by atoms with Crippen LogP contribution in [0.15, 0.2) is 41.0 Å². The summed E-state index contributed by atoms with van der Waals surface area (Å²) in [5.74, 6) is 0. The van der Waals surface area contributed by atoms with Gasteiger partial charge in [0.2, 0.25) is 0 Å². The van der Waals surface area contributed by atoms with Crippen molar-refractivity contribution in [3.8, 4) is 0 Å². The molecule has 0 aromatic carbocycles. The van der Waals surface area contributed by atoms with E-state index in [1.165, 1.54) is 16.7 Å². The maximum Gasteiger partial charge on any atom is 3.00 e. The average molecular weight is 446 g/mol. The van der Waals surface area contributed by atoms with Gasteiger partial charge in [-0.25, -0.2) is 11.6 Å². The first-order valence-electron chi connectivity index (χ1n) is 9.42. The molecule has 151 valence electrons. The van der Waals surface area contributed by atoms with E-state index in [9.17, 15) is 0 Å². The summed E-state index contributed by atoms with van der Waals surface area (Å²) in [6, 6.07) is 0. The summed E-state index contributed by atoms with van der Waals surface area (Å²) < 4.78 is 6.57. The molecular formula is C23H35Cl2OTi. The molecule has 0 fully saturated rings. The Bertz CT molecular complexity index is 588. The Balaban J connectivity index is 0. The van der Waals surface area contributed by atoms with Gasteiger partial charge in [0.15, 0.2) is 0 Å². The molecule has 2 aliphatic carbocycles. The number of hydrogen-bond donors (Lipinski definition) is 0. The molecule has 0 saturated heterocycles. The van der Waals surface area contributed by atoms with Crippen LogP contribution in [0.1, 0.15) is 74.1 Å². The molecule has 4 heteroatoms. The van der Waals surface area contributed by atoms with Gasteiger partial charge in [0.05, 0.1) is 5.60 Å². The third-order valence-electron chi connectivity index (χ3n) is 4.94. The van der Waals surface area contributed by atoms with Crippen molar-refractivity contribution >= 4 is 0 Å². The minimum atomic E-state index is -0.222. The maximum atomic E-state index is 6.57. The van der Waals surface area contributed by atoms with E-state index in [2.05, 4.69) is 78.8 Å². The normalized spacial score (nSPS) is 22.0. The molecule has 27 heavy (non-hydrogen) atoms. The van der Waals surface area contributed by atoms with E-state index in [1.54, 1.807) is 0 Å². The SMILES string of the molecule is CCCOC1(CC2=[C-]CC=C2)CC=C(C(C)(C)C)C=C1C(C)(C)C.[Cl-].[Cl-].[Ti+3]. The van der Waals surface area contributed by atoms with Gasteiger partial charge in [0, 0.05) is 6.61 Å². The monoisotopic (exact) mass is 445 g/mol. The van der Waals surface area contributed by atoms with E-state index in [-0.39, 0.29) is 63.0 Å². The van der Waals surface area contributed by atoms with Gasteiger partial charge in [0.25, 0.3) is 0 Å². The van der Waals surface area contributed by atoms with Crippen LogP contribution >= 0.6 is 0 Å². The van der Waals surface area contributed by atoms with Crippen molar-refractivity contribution in [2.24, 2.45) is 10.8 Å². The molecular weight excluding hydrogens is 411 g/mol. The second-order valence-corrected chi connectivity index (χ2v) is 9.25. The standard InChI is InChI=1S/C23H35O.2ClH.Ti/c1-8-15-24-23(17-18-11-9-10-12-18)14-13-19(21(2,3)4)16-20(23)22(5,6)7;;;/h9,11,13,16H,8,10,14-15,17H2,1-7H3;2*1H;/q-1;;;+3/p-2. The van der Waals surface area contributed by atoms with Gasteiger partial charge in [-0.3, -0.25) is 6.08 Å². The number of allylic oxidation sites excluding steroid dienone is 5. The zero-order valence-corrected chi connectivity index (χ0v) is 21.1. The summed E-state index contributed by atoms with van der Waals surface area (Å²) >= 11 is 0. The summed E-state index contributed by atoms with van der Waals surface area (Å²) in [7, 11) is 0. The van der Waals surface area contributed by atoms with Gasteiger partial charge in [-0.2, -0.15) is 6.08 Å². The number of hydrogen-bond acceptors (Lipinski definition) is 1. The largest absolute Gasteiger partial charge is 3.00 e. The molecule has 0 saturated carbocycles. The summed E-state index contributed by atoms with van der Waals surface area (Å²) in [6.07, 6.45) is 16.6. The third kappa shape index (κ3) is 7.52. The smallest absolute Gasteiger partial charge is 1.00 e. The predicted octanol–water partition coefficient (Wildman–Crippen LogP) is 0.586. The Hall–Kier alpha value is 0.214. The minimum absolute atomic E-state index is 0. The molecule has 2 rings (SSSR count). The molecule has 0 amide bonds. The van der Waals surface area contributed by atoms with Crippen LogP contribution in [-0.2, 0) is 26.5 Å². The fraction of sp³-hybridized carbons (Fsp3) is 0.652. The first kappa shape index (κ1) is 29.4. The molecule has 0 spiro atoms. The summed E-state index contributed by atoms with van der Waals surface area (Å²) in [5, 5.41) is 0. The van der Waals surface area contributed by atoms with E-state index < -0.39 is 0 Å². The van der Waals surface area contributed by atoms with Crippen LogP contribution in [0.3, 0.4) is 0 Å². The predicted molar refractivity (Wildman–Crippen MR) is 104 cm³/mol. The molecule has 1 atom stereocenters. The van der Waals surface area contributed by atoms with Crippen LogP contribution in [0, 0.1) is 16.9 Å². The van der Waals surface area contributed by atoms with Crippen LogP contribution in [0.5, 0.6) is 0 Å². The summed E-state index contributed by atoms with van der Waals surface area (Å²) in [4.78, 5) is 0. The summed E-state index contributed by atoms with van der Waals surface area (Å²) in [5.41, 5.74) is 4.20. The molecule has 0 N–H and O–H groups in total. The molecule has 0 aromatic rings. The minimum Gasteiger partial charge on any atom is -1.00 e. The van der Waals surface area contributed by atoms with Gasteiger partial charge in [-0.05, 0) is 41.2 Å². The van der Waals surface area contributed by atoms with Crippen molar-refractivity contribution in [1.82, 2.24) is 0 Å². The molecule has 0 heterocycles. The zero-order chi connectivity index (χ0) is 18.0. The van der Waals surface area contributed by atoms with E-state index >= 15 is 0 Å². The van der Waals surface area contributed by atoms with Gasteiger partial charge < -0.3 is 29.6 Å². The number of rotatable bonds is 5. The van der Waals surface area contributed by atoms with Crippen LogP contribution in [0.2, 0.25) is 0 Å². The number of ether oxygens (including phenoxy) is 1. The average Bonchev–Trinajstić information content (AvgIpc) is 2.96. The van der Waals surface area contributed by atoms with Crippen LogP contribution in [0.25, 0.3) is 0 Å². The van der Waals surface area contributed by atoms with Gasteiger partial charge >= 0.3 is 21.7 Å². The van der Waals surface area contributed by atoms with Crippen molar-refractivity contribution in [3.05, 3.63) is 47.1 Å². The van der Waals surface area contributed by atoms with Gasteiger partial charge in [-0.15, -0.1) is 6.42 Å². The van der Waals surface area contributed by atoms with Gasteiger partial charge in [0.1, 0.15) is 0 Å². The van der Waals surface area contributed by atoms with Crippen LogP contribution < -0.4 is 24.8 Å².